The molecule has 2 heterocycles. The smallest absolute Gasteiger partial charge is 0.261 e. The highest BCUT2D eigenvalue weighted by Crippen LogP contribution is 2.26. The van der Waals surface area contributed by atoms with Crippen LogP contribution >= 0.6 is 0 Å². The van der Waals surface area contributed by atoms with Gasteiger partial charge >= 0.3 is 0 Å². The highest BCUT2D eigenvalue weighted by molar-refractivity contribution is 5.96. The van der Waals surface area contributed by atoms with Crippen molar-refractivity contribution in [2.24, 2.45) is 0 Å². The average molecular weight is 351 g/mol. The largest absolute Gasteiger partial charge is 0.472 e. The molecular formula is C21H21NO4. The lowest BCUT2D eigenvalue weighted by Gasteiger charge is -2.34. The summed E-state index contributed by atoms with van der Waals surface area (Å²) in [7, 11) is 0. The summed E-state index contributed by atoms with van der Waals surface area (Å²) in [6.45, 7) is 0.437. The van der Waals surface area contributed by atoms with E-state index in [4.69, 9.17) is 8.83 Å². The minimum Gasteiger partial charge on any atom is -0.472 e. The molecule has 4 rings (SSSR count). The van der Waals surface area contributed by atoms with Gasteiger partial charge in [-0.25, -0.2) is 0 Å². The number of para-hydroxylation sites is 1. The van der Waals surface area contributed by atoms with E-state index in [1.54, 1.807) is 36.8 Å². The van der Waals surface area contributed by atoms with Gasteiger partial charge in [-0.15, -0.1) is 0 Å². The summed E-state index contributed by atoms with van der Waals surface area (Å²) in [5.74, 6) is -0.266. The van der Waals surface area contributed by atoms with E-state index >= 15 is 0 Å². The van der Waals surface area contributed by atoms with Crippen molar-refractivity contribution in [1.82, 2.24) is 4.90 Å². The van der Waals surface area contributed by atoms with Gasteiger partial charge in [-0.1, -0.05) is 31.4 Å². The molecule has 1 fully saturated rings. The van der Waals surface area contributed by atoms with Crippen molar-refractivity contribution in [1.29, 1.82) is 0 Å². The number of hydrogen-bond acceptors (Lipinski definition) is 4. The second kappa shape index (κ2) is 7.20. The van der Waals surface area contributed by atoms with Crippen LogP contribution in [-0.4, -0.2) is 16.8 Å². The molecular weight excluding hydrogens is 330 g/mol. The summed E-state index contributed by atoms with van der Waals surface area (Å²) in [6.07, 6.45) is 9.87. The van der Waals surface area contributed by atoms with Crippen LogP contribution in [0, 0.1) is 0 Å². The van der Waals surface area contributed by atoms with Crippen LogP contribution in [0.15, 0.2) is 62.8 Å². The SMILES string of the molecule is O=C(c1coc2ccccc2c1=O)N(Cc1ccoc1)C1CCCCC1. The molecule has 0 bridgehead atoms. The predicted octanol–water partition coefficient (Wildman–Crippen LogP) is 4.36. The normalized spacial score (nSPS) is 15.2. The van der Waals surface area contributed by atoms with Crippen molar-refractivity contribution in [3.63, 3.8) is 0 Å². The van der Waals surface area contributed by atoms with E-state index in [1.807, 2.05) is 11.0 Å². The van der Waals surface area contributed by atoms with E-state index in [-0.39, 0.29) is 22.9 Å². The molecule has 1 aliphatic rings. The zero-order valence-electron chi connectivity index (χ0n) is 14.5. The summed E-state index contributed by atoms with van der Waals surface area (Å²) >= 11 is 0. The van der Waals surface area contributed by atoms with Crippen molar-refractivity contribution in [3.05, 3.63) is 70.5 Å². The second-order valence-corrected chi connectivity index (χ2v) is 6.83. The number of carbonyl (C=O) groups is 1. The molecule has 1 amide bonds. The molecule has 5 nitrogen and oxygen atoms in total. The fraction of sp³-hybridized carbons (Fsp3) is 0.333. The van der Waals surface area contributed by atoms with E-state index in [9.17, 15) is 9.59 Å². The first-order valence-electron chi connectivity index (χ1n) is 9.06. The number of amides is 1. The molecule has 0 unspecified atom stereocenters. The first-order valence-corrected chi connectivity index (χ1v) is 9.06. The van der Waals surface area contributed by atoms with Crippen LogP contribution in [-0.2, 0) is 6.54 Å². The Morgan fingerprint density at radius 2 is 1.88 bits per heavy atom. The zero-order valence-corrected chi connectivity index (χ0v) is 14.5. The molecule has 1 aliphatic carbocycles. The number of carbonyl (C=O) groups excluding carboxylic acids is 1. The predicted molar refractivity (Wildman–Crippen MR) is 97.9 cm³/mol. The maximum Gasteiger partial charge on any atom is 0.261 e. The number of fused-ring (bicyclic) bond motifs is 1. The minimum atomic E-state index is -0.273. The maximum atomic E-state index is 13.3. The summed E-state index contributed by atoms with van der Waals surface area (Å²) in [6, 6.07) is 9.00. The van der Waals surface area contributed by atoms with E-state index in [0.29, 0.717) is 17.5 Å². The van der Waals surface area contributed by atoms with Gasteiger partial charge in [0.05, 0.1) is 17.9 Å². The third kappa shape index (κ3) is 3.17. The molecule has 0 N–H and O–H groups in total. The molecule has 0 aliphatic heterocycles. The fourth-order valence-electron chi connectivity index (χ4n) is 3.72. The van der Waals surface area contributed by atoms with Gasteiger partial charge < -0.3 is 13.7 Å². The first kappa shape index (κ1) is 16.6. The molecule has 2 aromatic heterocycles. The van der Waals surface area contributed by atoms with Crippen LogP contribution < -0.4 is 5.43 Å². The van der Waals surface area contributed by atoms with Gasteiger partial charge in [0.1, 0.15) is 17.4 Å². The van der Waals surface area contributed by atoms with Crippen molar-refractivity contribution in [2.45, 2.75) is 44.7 Å². The van der Waals surface area contributed by atoms with E-state index in [0.717, 1.165) is 31.2 Å². The Kier molecular flexibility index (Phi) is 4.61. The van der Waals surface area contributed by atoms with Crippen LogP contribution in [0.5, 0.6) is 0 Å². The number of benzene rings is 1. The van der Waals surface area contributed by atoms with Gasteiger partial charge in [0.2, 0.25) is 5.43 Å². The molecule has 3 aromatic rings. The molecule has 1 saturated carbocycles. The third-order valence-corrected chi connectivity index (χ3v) is 5.12. The van der Waals surface area contributed by atoms with Crippen molar-refractivity contribution in [2.75, 3.05) is 0 Å². The van der Waals surface area contributed by atoms with Crippen LogP contribution in [0.1, 0.15) is 48.0 Å². The van der Waals surface area contributed by atoms with Gasteiger partial charge in [0, 0.05) is 18.2 Å². The highest BCUT2D eigenvalue weighted by Gasteiger charge is 2.29. The molecule has 0 spiro atoms. The Balaban J connectivity index is 1.71. The summed E-state index contributed by atoms with van der Waals surface area (Å²) in [5, 5.41) is 0.435. The van der Waals surface area contributed by atoms with Gasteiger partial charge in [-0.2, -0.15) is 0 Å². The summed E-state index contributed by atoms with van der Waals surface area (Å²) in [5.41, 5.74) is 1.24. The average Bonchev–Trinajstić information content (AvgIpc) is 3.20. The molecule has 1 aromatic carbocycles. The quantitative estimate of drug-likeness (QED) is 0.700. The Morgan fingerprint density at radius 3 is 2.65 bits per heavy atom. The van der Waals surface area contributed by atoms with Crippen LogP contribution in [0.4, 0.5) is 0 Å². The highest BCUT2D eigenvalue weighted by atomic mass is 16.3. The fourth-order valence-corrected chi connectivity index (χ4v) is 3.72. The minimum absolute atomic E-state index is 0.0952. The molecule has 26 heavy (non-hydrogen) atoms. The summed E-state index contributed by atoms with van der Waals surface area (Å²) in [4.78, 5) is 27.9. The lowest BCUT2D eigenvalue weighted by atomic mass is 9.93. The number of hydrogen-bond donors (Lipinski definition) is 0. The van der Waals surface area contributed by atoms with E-state index in [1.165, 1.54) is 12.7 Å². The van der Waals surface area contributed by atoms with Gasteiger partial charge in [-0.3, -0.25) is 9.59 Å². The maximum absolute atomic E-state index is 13.3. The second-order valence-electron chi connectivity index (χ2n) is 6.83. The molecule has 5 heteroatoms. The van der Waals surface area contributed by atoms with E-state index < -0.39 is 0 Å². The molecule has 0 atom stereocenters. The van der Waals surface area contributed by atoms with E-state index in [2.05, 4.69) is 0 Å². The molecule has 134 valence electrons. The standard InChI is InChI=1S/C21H21NO4/c23-20-17-8-4-5-9-19(17)26-14-18(20)21(24)22(12-15-10-11-25-13-15)16-6-2-1-3-7-16/h4-5,8-11,13-14,16H,1-3,6-7,12H2. The number of rotatable bonds is 4. The Morgan fingerprint density at radius 1 is 1.08 bits per heavy atom. The third-order valence-electron chi connectivity index (χ3n) is 5.12. The molecule has 0 saturated heterocycles. The lowest BCUT2D eigenvalue weighted by Crippen LogP contribution is -2.42. The molecule has 0 radical (unpaired) electrons. The Bertz CT molecular complexity index is 952. The topological polar surface area (TPSA) is 63.7 Å². The Labute approximate surface area is 151 Å². The summed E-state index contributed by atoms with van der Waals surface area (Å²) < 4.78 is 10.7. The first-order chi connectivity index (χ1) is 12.7. The number of furan rings is 1. The van der Waals surface area contributed by atoms with Gasteiger partial charge in [0.25, 0.3) is 5.91 Å². The van der Waals surface area contributed by atoms with Crippen LogP contribution in [0.2, 0.25) is 0 Å². The van der Waals surface area contributed by atoms with Crippen molar-refractivity contribution >= 4 is 16.9 Å². The Hall–Kier alpha value is -2.82. The van der Waals surface area contributed by atoms with Gasteiger partial charge in [-0.05, 0) is 31.0 Å². The van der Waals surface area contributed by atoms with Crippen LogP contribution in [0.25, 0.3) is 11.0 Å². The van der Waals surface area contributed by atoms with Crippen molar-refractivity contribution < 1.29 is 13.6 Å². The lowest BCUT2D eigenvalue weighted by molar-refractivity contribution is 0.0610. The van der Waals surface area contributed by atoms with Crippen molar-refractivity contribution in [3.8, 4) is 0 Å². The monoisotopic (exact) mass is 351 g/mol. The zero-order chi connectivity index (χ0) is 17.9. The number of nitrogens with zero attached hydrogens (tertiary/aromatic N) is 1. The van der Waals surface area contributed by atoms with Crippen LogP contribution in [0.3, 0.4) is 0 Å². The van der Waals surface area contributed by atoms with Gasteiger partial charge in [0.15, 0.2) is 0 Å².